The molecule has 0 unspecified atom stereocenters. The average molecular weight is 298 g/mol. The predicted octanol–water partition coefficient (Wildman–Crippen LogP) is 1.93. The number of hydrogen-bond donors (Lipinski definition) is 2. The van der Waals surface area contributed by atoms with Crippen molar-refractivity contribution < 1.29 is 9.18 Å². The summed E-state index contributed by atoms with van der Waals surface area (Å²) in [5.41, 5.74) is 8.08. The van der Waals surface area contributed by atoms with Gasteiger partial charge in [-0.05, 0) is 29.7 Å². The van der Waals surface area contributed by atoms with E-state index in [1.54, 1.807) is 30.6 Å². The summed E-state index contributed by atoms with van der Waals surface area (Å²) in [6.07, 6.45) is 3.34. The Bertz CT molecular complexity index is 749. The van der Waals surface area contributed by atoms with Crippen molar-refractivity contribution in [3.05, 3.63) is 47.4 Å². The molecule has 3 N–H and O–H groups in total. The van der Waals surface area contributed by atoms with Crippen LogP contribution in [0.2, 0.25) is 0 Å². The Morgan fingerprint density at radius 1 is 1.32 bits per heavy atom. The van der Waals surface area contributed by atoms with E-state index < -0.39 is 6.67 Å². The van der Waals surface area contributed by atoms with Crippen molar-refractivity contribution >= 4 is 17.4 Å². The quantitative estimate of drug-likeness (QED) is 0.848. The number of halogens is 1. The maximum absolute atomic E-state index is 12.4. The van der Waals surface area contributed by atoms with E-state index in [1.807, 2.05) is 0 Å². The number of nitrogens with zero attached hydrogens (tertiary/aromatic N) is 2. The molecule has 0 radical (unpaired) electrons. The lowest BCUT2D eigenvalue weighted by Crippen LogP contribution is -2.07. The van der Waals surface area contributed by atoms with Crippen LogP contribution >= 0.6 is 0 Å². The van der Waals surface area contributed by atoms with Gasteiger partial charge in [0, 0.05) is 31.3 Å². The summed E-state index contributed by atoms with van der Waals surface area (Å²) in [7, 11) is 0. The van der Waals surface area contributed by atoms with Gasteiger partial charge in [-0.15, -0.1) is 0 Å². The SMILES string of the molecule is CC(=O)Nc1cc(C#Cc2nccc(CCF)c2N)ccn1. The Balaban J connectivity index is 2.27. The van der Waals surface area contributed by atoms with Crippen LogP contribution in [0.1, 0.15) is 23.7 Å². The third kappa shape index (κ3) is 4.03. The highest BCUT2D eigenvalue weighted by Crippen LogP contribution is 2.15. The molecule has 22 heavy (non-hydrogen) atoms. The van der Waals surface area contributed by atoms with Crippen molar-refractivity contribution in [3.8, 4) is 11.8 Å². The van der Waals surface area contributed by atoms with E-state index >= 15 is 0 Å². The molecule has 2 rings (SSSR count). The molecule has 0 aliphatic rings. The number of aryl methyl sites for hydroxylation is 1. The highest BCUT2D eigenvalue weighted by Gasteiger charge is 2.04. The highest BCUT2D eigenvalue weighted by atomic mass is 19.1. The van der Waals surface area contributed by atoms with Crippen LogP contribution in [-0.4, -0.2) is 22.5 Å². The Morgan fingerprint density at radius 3 is 2.82 bits per heavy atom. The van der Waals surface area contributed by atoms with Crippen molar-refractivity contribution in [1.29, 1.82) is 0 Å². The standard InChI is InChI=1S/C16H15FN4O/c1-11(22)21-15-10-12(5-8-20-15)2-3-14-16(18)13(4-7-17)6-9-19-14/h5-6,8-10H,4,7,18H2,1H3,(H,20,21,22). The van der Waals surface area contributed by atoms with Gasteiger partial charge < -0.3 is 11.1 Å². The molecule has 0 aliphatic carbocycles. The van der Waals surface area contributed by atoms with Gasteiger partial charge in [-0.1, -0.05) is 5.92 Å². The third-order valence-electron chi connectivity index (χ3n) is 2.83. The molecule has 1 amide bonds. The Morgan fingerprint density at radius 2 is 2.09 bits per heavy atom. The normalized spacial score (nSPS) is 9.73. The number of carbonyl (C=O) groups excluding carboxylic acids is 1. The van der Waals surface area contributed by atoms with Crippen molar-refractivity contribution in [3.63, 3.8) is 0 Å². The number of anilines is 2. The second-order valence-corrected chi connectivity index (χ2v) is 4.53. The molecule has 5 nitrogen and oxygen atoms in total. The number of pyridine rings is 2. The lowest BCUT2D eigenvalue weighted by Gasteiger charge is -2.04. The minimum Gasteiger partial charge on any atom is -0.396 e. The summed E-state index contributed by atoms with van der Waals surface area (Å²) in [5, 5.41) is 2.58. The lowest BCUT2D eigenvalue weighted by molar-refractivity contribution is -0.114. The van der Waals surface area contributed by atoms with Crippen molar-refractivity contribution in [2.75, 3.05) is 17.7 Å². The van der Waals surface area contributed by atoms with Crippen LogP contribution < -0.4 is 11.1 Å². The van der Waals surface area contributed by atoms with Crippen molar-refractivity contribution in [2.45, 2.75) is 13.3 Å². The number of alkyl halides is 1. The first-order valence-corrected chi connectivity index (χ1v) is 6.65. The number of carbonyl (C=O) groups is 1. The molecule has 0 bridgehead atoms. The van der Waals surface area contributed by atoms with Crippen LogP contribution in [-0.2, 0) is 11.2 Å². The number of hydrogen-bond acceptors (Lipinski definition) is 4. The lowest BCUT2D eigenvalue weighted by atomic mass is 10.1. The van der Waals surface area contributed by atoms with Crippen molar-refractivity contribution in [2.24, 2.45) is 0 Å². The predicted molar refractivity (Wildman–Crippen MR) is 82.8 cm³/mol. The molecule has 0 atom stereocenters. The molecule has 0 spiro atoms. The van der Waals surface area contributed by atoms with Crippen LogP contribution in [0.15, 0.2) is 30.6 Å². The first kappa shape index (κ1) is 15.4. The molecule has 112 valence electrons. The zero-order valence-electron chi connectivity index (χ0n) is 12.1. The average Bonchev–Trinajstić information content (AvgIpc) is 2.48. The van der Waals surface area contributed by atoms with Gasteiger partial charge in [0.05, 0.1) is 12.4 Å². The molecular formula is C16H15FN4O. The molecule has 0 aliphatic heterocycles. The first-order chi connectivity index (χ1) is 10.6. The van der Waals surface area contributed by atoms with Crippen LogP contribution in [0.3, 0.4) is 0 Å². The smallest absolute Gasteiger partial charge is 0.222 e. The van der Waals surface area contributed by atoms with Gasteiger partial charge in [0.1, 0.15) is 11.5 Å². The monoisotopic (exact) mass is 298 g/mol. The maximum atomic E-state index is 12.4. The van der Waals surface area contributed by atoms with E-state index in [1.165, 1.54) is 6.92 Å². The fraction of sp³-hybridized carbons (Fsp3) is 0.188. The Hall–Kier alpha value is -2.94. The fourth-order valence-electron chi connectivity index (χ4n) is 1.82. The van der Waals surface area contributed by atoms with Crippen LogP contribution in [0.25, 0.3) is 0 Å². The zero-order chi connectivity index (χ0) is 15.9. The Labute approximate surface area is 127 Å². The molecule has 2 heterocycles. The minimum absolute atomic E-state index is 0.206. The molecule has 2 aromatic heterocycles. The van der Waals surface area contributed by atoms with E-state index in [-0.39, 0.29) is 12.3 Å². The second-order valence-electron chi connectivity index (χ2n) is 4.53. The van der Waals surface area contributed by atoms with Gasteiger partial charge in [0.25, 0.3) is 0 Å². The number of nitrogens with two attached hydrogens (primary N) is 1. The molecule has 0 aromatic carbocycles. The van der Waals surface area contributed by atoms with Crippen LogP contribution in [0, 0.1) is 11.8 Å². The third-order valence-corrected chi connectivity index (χ3v) is 2.83. The zero-order valence-corrected chi connectivity index (χ0v) is 12.1. The molecule has 6 heteroatoms. The highest BCUT2D eigenvalue weighted by molar-refractivity contribution is 5.87. The van der Waals surface area contributed by atoms with Crippen molar-refractivity contribution in [1.82, 2.24) is 9.97 Å². The van der Waals surface area contributed by atoms with Gasteiger partial charge in [-0.25, -0.2) is 9.97 Å². The van der Waals surface area contributed by atoms with Crippen LogP contribution in [0.4, 0.5) is 15.9 Å². The first-order valence-electron chi connectivity index (χ1n) is 6.65. The topological polar surface area (TPSA) is 80.9 Å². The van der Waals surface area contributed by atoms with E-state index in [9.17, 15) is 9.18 Å². The summed E-state index contributed by atoms with van der Waals surface area (Å²) in [4.78, 5) is 19.1. The number of nitrogen functional groups attached to an aromatic ring is 1. The van der Waals surface area contributed by atoms with Crippen LogP contribution in [0.5, 0.6) is 0 Å². The summed E-state index contributed by atoms with van der Waals surface area (Å²) in [6, 6.07) is 5.04. The van der Waals surface area contributed by atoms with Gasteiger partial charge in [-0.3, -0.25) is 9.18 Å². The van der Waals surface area contributed by atoms with Gasteiger partial charge in [0.15, 0.2) is 0 Å². The minimum atomic E-state index is -0.481. The van der Waals surface area contributed by atoms with Gasteiger partial charge in [0.2, 0.25) is 5.91 Å². The molecule has 2 aromatic rings. The summed E-state index contributed by atoms with van der Waals surface area (Å²) in [5.74, 6) is 5.98. The Kier molecular flexibility index (Phi) is 5.04. The summed E-state index contributed by atoms with van der Waals surface area (Å²) >= 11 is 0. The van der Waals surface area contributed by atoms with Gasteiger partial charge in [-0.2, -0.15) is 0 Å². The molecule has 0 fully saturated rings. The largest absolute Gasteiger partial charge is 0.396 e. The number of nitrogens with one attached hydrogen (secondary N) is 1. The maximum Gasteiger partial charge on any atom is 0.222 e. The molecular weight excluding hydrogens is 283 g/mol. The van der Waals surface area contributed by atoms with E-state index in [2.05, 4.69) is 27.1 Å². The van der Waals surface area contributed by atoms with E-state index in [0.717, 1.165) is 0 Å². The number of aromatic nitrogens is 2. The number of rotatable bonds is 3. The molecule has 0 saturated carbocycles. The van der Waals surface area contributed by atoms with E-state index in [4.69, 9.17) is 5.73 Å². The number of amides is 1. The molecule has 0 saturated heterocycles. The summed E-state index contributed by atoms with van der Waals surface area (Å²) in [6.45, 7) is 0.923. The van der Waals surface area contributed by atoms with Gasteiger partial charge >= 0.3 is 0 Å². The van der Waals surface area contributed by atoms with E-state index in [0.29, 0.717) is 28.3 Å². The second kappa shape index (κ2) is 7.18. The fourth-order valence-corrected chi connectivity index (χ4v) is 1.82. The summed E-state index contributed by atoms with van der Waals surface area (Å²) < 4.78 is 12.4.